The molecule has 0 radical (unpaired) electrons. The van der Waals surface area contributed by atoms with E-state index >= 15 is 0 Å². The Morgan fingerprint density at radius 3 is 2.38 bits per heavy atom. The van der Waals surface area contributed by atoms with Gasteiger partial charge in [-0.2, -0.15) is 0 Å². The molecule has 2 aliphatic carbocycles. The normalized spacial score (nSPS) is 20.3. The van der Waals surface area contributed by atoms with Crippen LogP contribution in [0.25, 0.3) is 5.57 Å². The van der Waals surface area contributed by atoms with E-state index in [4.69, 9.17) is 0 Å². The summed E-state index contributed by atoms with van der Waals surface area (Å²) in [5.41, 5.74) is 7.53. The number of hydrogen-bond donors (Lipinski definition) is 0. The fraction of sp³-hybridized carbons (Fsp3) is 0.440. The van der Waals surface area contributed by atoms with Crippen molar-refractivity contribution in [3.63, 3.8) is 0 Å². The lowest BCUT2D eigenvalue weighted by Crippen LogP contribution is -2.54. The van der Waals surface area contributed by atoms with Crippen LogP contribution in [0.4, 0.5) is 11.4 Å². The van der Waals surface area contributed by atoms with Crippen molar-refractivity contribution in [2.45, 2.75) is 69.9 Å². The fourth-order valence-corrected chi connectivity index (χ4v) is 5.92. The van der Waals surface area contributed by atoms with Crippen molar-refractivity contribution in [1.29, 1.82) is 0 Å². The van der Waals surface area contributed by atoms with E-state index in [-0.39, 0.29) is 16.1 Å². The number of hydrogen-bond acceptors (Lipinski definition) is 3. The first-order valence-electron chi connectivity index (χ1n) is 11.0. The molecule has 150 valence electrons. The minimum atomic E-state index is -0.318. The molecule has 0 N–H and O–H groups in total. The molecule has 1 fully saturated rings. The van der Waals surface area contributed by atoms with Crippen LogP contribution in [0.1, 0.15) is 68.9 Å². The van der Waals surface area contributed by atoms with Crippen molar-refractivity contribution in [1.82, 2.24) is 0 Å². The van der Waals surface area contributed by atoms with Crippen molar-refractivity contribution in [2.75, 3.05) is 4.90 Å². The van der Waals surface area contributed by atoms with Crippen molar-refractivity contribution in [2.24, 2.45) is 0 Å². The van der Waals surface area contributed by atoms with Crippen LogP contribution >= 0.6 is 0 Å². The van der Waals surface area contributed by atoms with Crippen molar-refractivity contribution in [3.05, 3.63) is 75.3 Å². The molecule has 1 saturated carbocycles. The lowest BCUT2D eigenvalue weighted by atomic mass is 9.66. The first-order chi connectivity index (χ1) is 14.2. The van der Waals surface area contributed by atoms with E-state index in [2.05, 4.69) is 29.2 Å². The van der Waals surface area contributed by atoms with Gasteiger partial charge in [-0.3, -0.25) is 10.1 Å². The number of para-hydroxylation sites is 1. The summed E-state index contributed by atoms with van der Waals surface area (Å²) >= 11 is 0. The lowest BCUT2D eigenvalue weighted by molar-refractivity contribution is -0.384. The van der Waals surface area contributed by atoms with Gasteiger partial charge in [0, 0.05) is 29.9 Å². The van der Waals surface area contributed by atoms with Gasteiger partial charge >= 0.3 is 0 Å². The summed E-state index contributed by atoms with van der Waals surface area (Å²) in [6.07, 6.45) is 11.4. The van der Waals surface area contributed by atoms with Gasteiger partial charge < -0.3 is 4.90 Å². The number of fused-ring (bicyclic) bond motifs is 3. The van der Waals surface area contributed by atoms with Crippen molar-refractivity contribution < 1.29 is 4.92 Å². The number of nitro benzene ring substituents is 1. The summed E-state index contributed by atoms with van der Waals surface area (Å²) in [5.74, 6) is 0. The highest BCUT2D eigenvalue weighted by Gasteiger charge is 2.46. The van der Waals surface area contributed by atoms with Crippen LogP contribution in [0, 0.1) is 10.1 Å². The third-order valence-electron chi connectivity index (χ3n) is 7.23. The second-order valence-corrected chi connectivity index (χ2v) is 8.78. The molecule has 1 heterocycles. The van der Waals surface area contributed by atoms with Crippen LogP contribution < -0.4 is 4.90 Å². The summed E-state index contributed by atoms with van der Waals surface area (Å²) < 4.78 is 0. The first kappa shape index (κ1) is 18.4. The predicted molar refractivity (Wildman–Crippen MR) is 117 cm³/mol. The third-order valence-corrected chi connectivity index (χ3v) is 7.23. The van der Waals surface area contributed by atoms with Crippen molar-refractivity contribution >= 4 is 16.9 Å². The molecule has 0 unspecified atom stereocenters. The largest absolute Gasteiger partial charge is 0.357 e. The van der Waals surface area contributed by atoms with Gasteiger partial charge in [0.2, 0.25) is 0 Å². The molecule has 1 aliphatic heterocycles. The van der Waals surface area contributed by atoms with Crippen LogP contribution in [0.3, 0.4) is 0 Å². The second kappa shape index (κ2) is 7.33. The summed E-state index contributed by atoms with van der Waals surface area (Å²) in [5, 5.41) is 11.1. The highest BCUT2D eigenvalue weighted by atomic mass is 16.6. The predicted octanol–water partition coefficient (Wildman–Crippen LogP) is 6.65. The van der Waals surface area contributed by atoms with E-state index in [0.717, 1.165) is 12.1 Å². The van der Waals surface area contributed by atoms with E-state index in [0.29, 0.717) is 0 Å². The van der Waals surface area contributed by atoms with Gasteiger partial charge in [-0.1, -0.05) is 49.6 Å². The standard InChI is InChI=1S/C25H28N2O2/c28-27(29)20-14-12-19(13-15-20)18-26-24-11-5-3-9-22(24)21-8-2-4-10-23(21)25(26)16-6-1-7-17-25/h3,5,9,11-15H,1-2,4,6-8,10,16-18H2. The summed E-state index contributed by atoms with van der Waals surface area (Å²) in [7, 11) is 0. The molecule has 2 aromatic carbocycles. The maximum absolute atomic E-state index is 11.1. The highest BCUT2D eigenvalue weighted by Crippen LogP contribution is 2.54. The average Bonchev–Trinajstić information content (AvgIpc) is 2.78. The van der Waals surface area contributed by atoms with E-state index in [1.165, 1.54) is 69.0 Å². The summed E-state index contributed by atoms with van der Waals surface area (Å²) in [4.78, 5) is 13.4. The highest BCUT2D eigenvalue weighted by molar-refractivity contribution is 5.85. The molecule has 0 aromatic heterocycles. The molecular formula is C25H28N2O2. The number of nitrogens with zero attached hydrogens (tertiary/aromatic N) is 2. The smallest absolute Gasteiger partial charge is 0.269 e. The topological polar surface area (TPSA) is 46.4 Å². The molecule has 4 heteroatoms. The Labute approximate surface area is 172 Å². The molecule has 3 aliphatic rings. The Bertz CT molecular complexity index is 955. The molecule has 5 rings (SSSR count). The minimum absolute atomic E-state index is 0.129. The van der Waals surface area contributed by atoms with Gasteiger partial charge in [-0.15, -0.1) is 0 Å². The van der Waals surface area contributed by atoms with E-state index in [1.807, 2.05) is 12.1 Å². The van der Waals surface area contributed by atoms with Crippen LogP contribution in [-0.2, 0) is 6.54 Å². The van der Waals surface area contributed by atoms with E-state index < -0.39 is 0 Å². The number of nitro groups is 1. The number of non-ortho nitro benzene ring substituents is 1. The van der Waals surface area contributed by atoms with E-state index in [1.54, 1.807) is 23.3 Å². The Balaban J connectivity index is 1.61. The SMILES string of the molecule is O=[N+]([O-])c1ccc(CN2c3ccccc3C3=C(CCCC3)C23CCCCC3)cc1. The van der Waals surface area contributed by atoms with Crippen LogP contribution in [0.15, 0.2) is 54.1 Å². The van der Waals surface area contributed by atoms with E-state index in [9.17, 15) is 10.1 Å². The van der Waals surface area contributed by atoms with Gasteiger partial charge in [0.1, 0.15) is 0 Å². The molecule has 1 spiro atoms. The maximum Gasteiger partial charge on any atom is 0.269 e. The zero-order chi connectivity index (χ0) is 19.8. The maximum atomic E-state index is 11.1. The van der Waals surface area contributed by atoms with Crippen molar-refractivity contribution in [3.8, 4) is 0 Å². The summed E-state index contributed by atoms with van der Waals surface area (Å²) in [6.45, 7) is 0.811. The number of rotatable bonds is 3. The van der Waals surface area contributed by atoms with Gasteiger partial charge in [0.15, 0.2) is 0 Å². The molecule has 2 aromatic rings. The molecule has 0 saturated heterocycles. The van der Waals surface area contributed by atoms with Crippen LogP contribution in [0.2, 0.25) is 0 Å². The van der Waals surface area contributed by atoms with Gasteiger partial charge in [-0.05, 0) is 61.3 Å². The van der Waals surface area contributed by atoms with Crippen LogP contribution in [-0.4, -0.2) is 10.5 Å². The monoisotopic (exact) mass is 388 g/mol. The molecule has 4 nitrogen and oxygen atoms in total. The minimum Gasteiger partial charge on any atom is -0.357 e. The zero-order valence-electron chi connectivity index (χ0n) is 16.9. The summed E-state index contributed by atoms with van der Waals surface area (Å²) in [6, 6.07) is 16.1. The average molecular weight is 389 g/mol. The Morgan fingerprint density at radius 1 is 0.897 bits per heavy atom. The first-order valence-corrected chi connectivity index (χ1v) is 11.0. The Kier molecular flexibility index (Phi) is 4.65. The number of benzene rings is 2. The quantitative estimate of drug-likeness (QED) is 0.437. The third kappa shape index (κ3) is 3.06. The van der Waals surface area contributed by atoms with Gasteiger partial charge in [0.05, 0.1) is 10.5 Å². The Hall–Kier alpha value is -2.62. The lowest BCUT2D eigenvalue weighted by Gasteiger charge is -2.54. The number of allylic oxidation sites excluding steroid dienone is 1. The second-order valence-electron chi connectivity index (χ2n) is 8.78. The van der Waals surface area contributed by atoms with Gasteiger partial charge in [-0.25, -0.2) is 0 Å². The van der Waals surface area contributed by atoms with Crippen LogP contribution in [0.5, 0.6) is 0 Å². The van der Waals surface area contributed by atoms with Gasteiger partial charge in [0.25, 0.3) is 5.69 Å². The number of anilines is 1. The molecule has 0 atom stereocenters. The molecule has 29 heavy (non-hydrogen) atoms. The molecule has 0 amide bonds. The molecule has 0 bridgehead atoms. The fourth-order valence-electron chi connectivity index (χ4n) is 5.92. The zero-order valence-corrected chi connectivity index (χ0v) is 16.9. The Morgan fingerprint density at radius 2 is 1.62 bits per heavy atom. The molecular weight excluding hydrogens is 360 g/mol.